The van der Waals surface area contributed by atoms with Gasteiger partial charge in [0.25, 0.3) is 0 Å². The van der Waals surface area contributed by atoms with Crippen LogP contribution < -0.4 is 5.32 Å². The van der Waals surface area contributed by atoms with E-state index in [1.165, 1.54) is 16.0 Å². The van der Waals surface area contributed by atoms with Crippen molar-refractivity contribution < 1.29 is 0 Å². The molecule has 2 aromatic heterocycles. The van der Waals surface area contributed by atoms with Gasteiger partial charge in [0.2, 0.25) is 5.82 Å². The van der Waals surface area contributed by atoms with Crippen LogP contribution in [0.3, 0.4) is 0 Å². The Balaban J connectivity index is 1.14. The first kappa shape index (κ1) is 24.9. The molecular formula is C32H28N6S. The lowest BCUT2D eigenvalue weighted by atomic mass is 10.0. The third kappa shape index (κ3) is 5.88. The van der Waals surface area contributed by atoms with Crippen molar-refractivity contribution in [1.29, 1.82) is 5.26 Å². The molecule has 1 saturated heterocycles. The predicted octanol–water partition coefficient (Wildman–Crippen LogP) is 6.88. The van der Waals surface area contributed by atoms with Crippen LogP contribution in [-0.2, 0) is 6.54 Å². The molecule has 39 heavy (non-hydrogen) atoms. The summed E-state index contributed by atoms with van der Waals surface area (Å²) < 4.78 is 0. The third-order valence-corrected chi connectivity index (χ3v) is 8.17. The van der Waals surface area contributed by atoms with Gasteiger partial charge in [-0.3, -0.25) is 4.90 Å². The lowest BCUT2D eigenvalue weighted by molar-refractivity contribution is 0.211. The highest BCUT2D eigenvalue weighted by molar-refractivity contribution is 7.19. The van der Waals surface area contributed by atoms with Gasteiger partial charge in [-0.25, -0.2) is 15.0 Å². The largest absolute Gasteiger partial charge is 0.367 e. The summed E-state index contributed by atoms with van der Waals surface area (Å²) in [5.41, 5.74) is 5.82. The molecule has 1 aliphatic rings. The van der Waals surface area contributed by atoms with Gasteiger partial charge >= 0.3 is 0 Å². The molecule has 0 spiro atoms. The molecule has 6 nitrogen and oxygen atoms in total. The van der Waals surface area contributed by atoms with E-state index >= 15 is 0 Å². The first-order valence-electron chi connectivity index (χ1n) is 13.2. The number of likely N-dealkylation sites (tertiary alicyclic amines) is 1. The topological polar surface area (TPSA) is 77.7 Å². The van der Waals surface area contributed by atoms with E-state index in [0.717, 1.165) is 60.1 Å². The summed E-state index contributed by atoms with van der Waals surface area (Å²) in [4.78, 5) is 17.0. The van der Waals surface area contributed by atoms with Gasteiger partial charge in [-0.1, -0.05) is 84.9 Å². The van der Waals surface area contributed by atoms with Crippen LogP contribution >= 0.6 is 11.3 Å². The highest BCUT2D eigenvalue weighted by Crippen LogP contribution is 2.40. The number of nitrogens with one attached hydrogen (secondary N) is 1. The molecule has 1 aliphatic heterocycles. The zero-order valence-electron chi connectivity index (χ0n) is 21.5. The smallest absolute Gasteiger partial charge is 0.234 e. The van der Waals surface area contributed by atoms with Crippen molar-refractivity contribution in [1.82, 2.24) is 19.9 Å². The maximum absolute atomic E-state index is 9.03. The van der Waals surface area contributed by atoms with E-state index in [4.69, 9.17) is 10.2 Å². The second-order valence-electron chi connectivity index (χ2n) is 9.70. The number of hydrogen-bond donors (Lipinski definition) is 1. The molecule has 0 radical (unpaired) electrons. The van der Waals surface area contributed by atoms with Crippen molar-refractivity contribution >= 4 is 17.2 Å². The Bertz CT molecular complexity index is 1570. The fourth-order valence-electron chi connectivity index (χ4n) is 4.97. The van der Waals surface area contributed by atoms with Gasteiger partial charge < -0.3 is 5.32 Å². The van der Waals surface area contributed by atoms with Crippen LogP contribution in [0.25, 0.3) is 32.3 Å². The van der Waals surface area contributed by atoms with E-state index in [9.17, 15) is 0 Å². The molecule has 1 N–H and O–H groups in total. The molecule has 0 saturated carbocycles. The Labute approximate surface area is 232 Å². The highest BCUT2D eigenvalue weighted by atomic mass is 32.1. The van der Waals surface area contributed by atoms with Crippen molar-refractivity contribution in [3.05, 3.63) is 109 Å². The first-order valence-corrected chi connectivity index (χ1v) is 14.0. The maximum Gasteiger partial charge on any atom is 0.234 e. The predicted molar refractivity (Wildman–Crippen MR) is 157 cm³/mol. The van der Waals surface area contributed by atoms with Crippen LogP contribution in [0.1, 0.15) is 24.2 Å². The molecule has 3 aromatic carbocycles. The lowest BCUT2D eigenvalue weighted by Gasteiger charge is -2.32. The van der Waals surface area contributed by atoms with Crippen LogP contribution in [-0.4, -0.2) is 39.0 Å². The average Bonchev–Trinajstić information content (AvgIpc) is 3.45. The van der Waals surface area contributed by atoms with E-state index in [0.29, 0.717) is 6.04 Å². The van der Waals surface area contributed by atoms with Gasteiger partial charge in [0, 0.05) is 43.0 Å². The van der Waals surface area contributed by atoms with Crippen LogP contribution in [0.2, 0.25) is 0 Å². The minimum absolute atomic E-state index is 0.200. The molecule has 7 heteroatoms. The maximum atomic E-state index is 9.03. The molecule has 0 amide bonds. The van der Waals surface area contributed by atoms with Crippen LogP contribution in [0, 0.1) is 11.3 Å². The Morgan fingerprint density at radius 2 is 1.51 bits per heavy atom. The van der Waals surface area contributed by atoms with Gasteiger partial charge in [-0.05, 0) is 30.0 Å². The fourth-order valence-corrected chi connectivity index (χ4v) is 6.07. The molecule has 192 valence electrons. The van der Waals surface area contributed by atoms with Crippen LogP contribution in [0.5, 0.6) is 0 Å². The van der Waals surface area contributed by atoms with Gasteiger partial charge in [0.1, 0.15) is 16.9 Å². The summed E-state index contributed by atoms with van der Waals surface area (Å²) in [6.45, 7) is 2.96. The third-order valence-electron chi connectivity index (χ3n) is 7.01. The Morgan fingerprint density at radius 3 is 2.21 bits per heavy atom. The Hall–Kier alpha value is -4.38. The first-order chi connectivity index (χ1) is 19.2. The van der Waals surface area contributed by atoms with E-state index in [2.05, 4.69) is 99.0 Å². The zero-order valence-corrected chi connectivity index (χ0v) is 22.3. The highest BCUT2D eigenvalue weighted by Gasteiger charge is 2.20. The molecule has 0 atom stereocenters. The average molecular weight is 529 g/mol. The summed E-state index contributed by atoms with van der Waals surface area (Å²) in [5.74, 6) is 0.925. The molecular weight excluding hydrogens is 500 g/mol. The molecule has 0 unspecified atom stereocenters. The molecule has 0 aliphatic carbocycles. The lowest BCUT2D eigenvalue weighted by Crippen LogP contribution is -2.38. The van der Waals surface area contributed by atoms with Gasteiger partial charge in [-0.15, -0.1) is 11.3 Å². The summed E-state index contributed by atoms with van der Waals surface area (Å²) in [5, 5.41) is 13.5. The molecule has 1 fully saturated rings. The Kier molecular flexibility index (Phi) is 7.39. The number of benzene rings is 3. The van der Waals surface area contributed by atoms with Crippen molar-refractivity contribution in [3.63, 3.8) is 0 Å². The summed E-state index contributed by atoms with van der Waals surface area (Å²) >= 11 is 1.75. The van der Waals surface area contributed by atoms with E-state index in [1.807, 2.05) is 18.2 Å². The van der Waals surface area contributed by atoms with Crippen molar-refractivity contribution in [2.75, 3.05) is 18.4 Å². The van der Waals surface area contributed by atoms with E-state index in [1.54, 1.807) is 17.5 Å². The normalized spacial score (nSPS) is 14.1. The number of rotatable bonds is 7. The van der Waals surface area contributed by atoms with Crippen LogP contribution in [0.15, 0.2) is 97.2 Å². The van der Waals surface area contributed by atoms with E-state index in [-0.39, 0.29) is 5.82 Å². The zero-order chi connectivity index (χ0) is 26.4. The molecule has 3 heterocycles. The number of anilines is 1. The van der Waals surface area contributed by atoms with Crippen molar-refractivity contribution in [2.45, 2.75) is 25.4 Å². The van der Waals surface area contributed by atoms with Crippen molar-refractivity contribution in [2.24, 2.45) is 0 Å². The second kappa shape index (κ2) is 11.6. The summed E-state index contributed by atoms with van der Waals surface area (Å²) in [6, 6.07) is 34.0. The van der Waals surface area contributed by atoms with Crippen molar-refractivity contribution in [3.8, 4) is 38.3 Å². The number of thiazole rings is 1. The van der Waals surface area contributed by atoms with E-state index < -0.39 is 0 Å². The quantitative estimate of drug-likeness (QED) is 0.248. The standard InChI is InChI=1S/C32H28N6S/c33-21-29-34-18-15-28(36-29)35-27-16-19-38(20-17-27)22-23-11-13-24(14-12-23)30-31(25-7-3-1-4-8-25)39-32(37-30)26-9-5-2-6-10-26/h1-15,18,27H,16-17,19-20,22H2,(H,34,35,36). The molecule has 0 bridgehead atoms. The number of hydrogen-bond acceptors (Lipinski definition) is 7. The number of piperidine rings is 1. The van der Waals surface area contributed by atoms with Gasteiger partial charge in [-0.2, -0.15) is 5.26 Å². The fraction of sp³-hybridized carbons (Fsp3) is 0.188. The number of aromatic nitrogens is 3. The number of nitriles is 1. The minimum atomic E-state index is 0.200. The summed E-state index contributed by atoms with van der Waals surface area (Å²) in [6.07, 6.45) is 3.70. The van der Waals surface area contributed by atoms with Gasteiger partial charge in [0.05, 0.1) is 10.6 Å². The number of nitrogens with zero attached hydrogens (tertiary/aromatic N) is 5. The van der Waals surface area contributed by atoms with Gasteiger partial charge in [0.15, 0.2) is 0 Å². The minimum Gasteiger partial charge on any atom is -0.367 e. The summed E-state index contributed by atoms with van der Waals surface area (Å²) in [7, 11) is 0. The monoisotopic (exact) mass is 528 g/mol. The van der Waals surface area contributed by atoms with Crippen LogP contribution in [0.4, 0.5) is 5.82 Å². The molecule has 5 aromatic rings. The SMILES string of the molecule is N#Cc1nccc(NC2CCN(Cc3ccc(-c4nc(-c5ccccc5)sc4-c4ccccc4)cc3)CC2)n1. The Morgan fingerprint density at radius 1 is 0.821 bits per heavy atom. The second-order valence-corrected chi connectivity index (χ2v) is 10.7. The molecule has 6 rings (SSSR count).